The van der Waals surface area contributed by atoms with E-state index < -0.39 is 0 Å². The number of nitrogens with zero attached hydrogens (tertiary/aromatic N) is 3. The highest BCUT2D eigenvalue weighted by atomic mass is 16.3. The fraction of sp³-hybridized carbons (Fsp3) is 0.625. The van der Waals surface area contributed by atoms with E-state index in [4.69, 9.17) is 0 Å². The molecule has 8 nitrogen and oxygen atoms in total. The molecule has 3 N–H and O–H groups in total. The van der Waals surface area contributed by atoms with Crippen molar-refractivity contribution in [3.8, 4) is 0 Å². The van der Waals surface area contributed by atoms with Crippen LogP contribution in [0.4, 0.5) is 0 Å². The van der Waals surface area contributed by atoms with Crippen molar-refractivity contribution in [1.82, 2.24) is 24.9 Å². The Labute approximate surface area is 140 Å². The number of H-pyrrole nitrogens is 1. The highest BCUT2D eigenvalue weighted by molar-refractivity contribution is 5.76. The minimum absolute atomic E-state index is 0.0939. The van der Waals surface area contributed by atoms with E-state index in [0.717, 1.165) is 6.42 Å². The third kappa shape index (κ3) is 3.81. The lowest BCUT2D eigenvalue weighted by Crippen LogP contribution is -2.42. The van der Waals surface area contributed by atoms with Crippen molar-refractivity contribution in [3.63, 3.8) is 0 Å². The molecule has 2 atom stereocenters. The second-order valence-electron chi connectivity index (χ2n) is 6.17. The predicted octanol–water partition coefficient (Wildman–Crippen LogP) is 0.490. The lowest BCUT2D eigenvalue weighted by atomic mass is 9.99. The minimum atomic E-state index is -0.263. The molecule has 2 rings (SSSR count). The second kappa shape index (κ2) is 7.57. The van der Waals surface area contributed by atoms with Gasteiger partial charge in [0.15, 0.2) is 0 Å². The van der Waals surface area contributed by atoms with Gasteiger partial charge < -0.3 is 10.4 Å². The zero-order valence-electron chi connectivity index (χ0n) is 14.6. The number of aromatic amines is 1. The molecule has 2 aromatic rings. The van der Waals surface area contributed by atoms with Crippen molar-refractivity contribution in [2.24, 2.45) is 5.92 Å². The second-order valence-corrected chi connectivity index (χ2v) is 6.17. The van der Waals surface area contributed by atoms with Crippen LogP contribution in [0.25, 0.3) is 5.78 Å². The van der Waals surface area contributed by atoms with Crippen molar-refractivity contribution in [3.05, 3.63) is 27.4 Å². The molecule has 132 valence electrons. The summed E-state index contributed by atoms with van der Waals surface area (Å²) in [6.07, 6.45) is 1.33. The van der Waals surface area contributed by atoms with Crippen LogP contribution < -0.4 is 10.9 Å². The van der Waals surface area contributed by atoms with Gasteiger partial charge in [0.1, 0.15) is 5.82 Å². The highest BCUT2D eigenvalue weighted by Gasteiger charge is 2.18. The van der Waals surface area contributed by atoms with E-state index in [-0.39, 0.29) is 36.5 Å². The van der Waals surface area contributed by atoms with Crippen LogP contribution in [0.1, 0.15) is 43.8 Å². The van der Waals surface area contributed by atoms with Crippen LogP contribution in [-0.4, -0.2) is 43.2 Å². The maximum atomic E-state index is 12.5. The predicted molar refractivity (Wildman–Crippen MR) is 89.9 cm³/mol. The summed E-state index contributed by atoms with van der Waals surface area (Å²) in [6.45, 7) is 7.39. The summed E-state index contributed by atoms with van der Waals surface area (Å²) in [5.74, 6) is 0.949. The number of carbonyl (C=O) groups is 1. The van der Waals surface area contributed by atoms with Gasteiger partial charge in [0, 0.05) is 12.0 Å². The van der Waals surface area contributed by atoms with Crippen LogP contribution >= 0.6 is 0 Å². The SMILES string of the molecule is CC[C@H](C)[C@@H](CO)NC(=O)CCc1c(C)nc2nc(C)[nH]n2c1=O. The maximum Gasteiger partial charge on any atom is 0.277 e. The van der Waals surface area contributed by atoms with Gasteiger partial charge in [0.05, 0.1) is 18.3 Å². The topological polar surface area (TPSA) is 112 Å². The molecule has 0 bridgehead atoms. The number of nitrogens with one attached hydrogen (secondary N) is 2. The molecule has 0 unspecified atom stereocenters. The van der Waals surface area contributed by atoms with Crippen LogP contribution in [0.3, 0.4) is 0 Å². The molecule has 0 aliphatic rings. The first-order valence-electron chi connectivity index (χ1n) is 8.22. The van der Waals surface area contributed by atoms with Crippen LogP contribution in [0.15, 0.2) is 4.79 Å². The number of aromatic nitrogens is 4. The largest absolute Gasteiger partial charge is 0.394 e. The van der Waals surface area contributed by atoms with Gasteiger partial charge in [0.2, 0.25) is 5.91 Å². The van der Waals surface area contributed by atoms with Crippen LogP contribution in [0, 0.1) is 19.8 Å². The smallest absolute Gasteiger partial charge is 0.277 e. The Morgan fingerprint density at radius 1 is 1.38 bits per heavy atom. The van der Waals surface area contributed by atoms with E-state index >= 15 is 0 Å². The van der Waals surface area contributed by atoms with Crippen molar-refractivity contribution in [2.75, 3.05) is 6.61 Å². The summed E-state index contributed by atoms with van der Waals surface area (Å²) in [7, 11) is 0. The molecule has 24 heavy (non-hydrogen) atoms. The number of rotatable bonds is 7. The maximum absolute atomic E-state index is 12.5. The number of amides is 1. The summed E-state index contributed by atoms with van der Waals surface area (Å²) < 4.78 is 1.30. The molecule has 0 aliphatic heterocycles. The molecule has 8 heteroatoms. The summed E-state index contributed by atoms with van der Waals surface area (Å²) in [4.78, 5) is 33.1. The average Bonchev–Trinajstić information content (AvgIpc) is 2.92. The number of aliphatic hydroxyl groups excluding tert-OH is 1. The fourth-order valence-corrected chi connectivity index (χ4v) is 2.62. The Morgan fingerprint density at radius 3 is 2.71 bits per heavy atom. The first-order chi connectivity index (χ1) is 11.4. The molecule has 1 amide bonds. The standard InChI is InChI=1S/C16H25N5O3/c1-5-9(2)13(8-22)19-14(23)7-6-12-10(3)17-16-18-11(4)20-21(16)15(12)24/h9,13,22H,5-8H2,1-4H3,(H,19,23)(H,17,18,20)/t9-,13+/m0/s1. The lowest BCUT2D eigenvalue weighted by Gasteiger charge is -2.22. The zero-order valence-corrected chi connectivity index (χ0v) is 14.6. The number of aliphatic hydroxyl groups is 1. The lowest BCUT2D eigenvalue weighted by molar-refractivity contribution is -0.122. The van der Waals surface area contributed by atoms with E-state index in [0.29, 0.717) is 29.3 Å². The molecule has 2 aromatic heterocycles. The third-order valence-electron chi connectivity index (χ3n) is 4.38. The Balaban J connectivity index is 2.10. The molecule has 0 aromatic carbocycles. The number of aryl methyl sites for hydroxylation is 2. The van der Waals surface area contributed by atoms with E-state index in [1.54, 1.807) is 13.8 Å². The summed E-state index contributed by atoms with van der Waals surface area (Å²) >= 11 is 0. The number of hydrogen-bond acceptors (Lipinski definition) is 5. The molecule has 0 saturated heterocycles. The van der Waals surface area contributed by atoms with Crippen molar-refractivity contribution in [2.45, 2.75) is 53.0 Å². The van der Waals surface area contributed by atoms with Crippen LogP contribution in [-0.2, 0) is 11.2 Å². The summed E-state index contributed by atoms with van der Waals surface area (Å²) in [5.41, 5.74) is 0.849. The summed E-state index contributed by atoms with van der Waals surface area (Å²) in [5, 5.41) is 15.1. The molecule has 0 spiro atoms. The van der Waals surface area contributed by atoms with Gasteiger partial charge in [-0.2, -0.15) is 9.50 Å². The molecule has 0 fully saturated rings. The first kappa shape index (κ1) is 18.1. The van der Waals surface area contributed by atoms with Gasteiger partial charge in [-0.3, -0.25) is 14.7 Å². The van der Waals surface area contributed by atoms with Crippen molar-refractivity contribution < 1.29 is 9.90 Å². The van der Waals surface area contributed by atoms with E-state index in [1.807, 2.05) is 13.8 Å². The minimum Gasteiger partial charge on any atom is -0.394 e. The van der Waals surface area contributed by atoms with Crippen molar-refractivity contribution in [1.29, 1.82) is 0 Å². The number of hydrogen-bond donors (Lipinski definition) is 3. The number of carbonyl (C=O) groups excluding carboxylic acids is 1. The monoisotopic (exact) mass is 335 g/mol. The highest BCUT2D eigenvalue weighted by Crippen LogP contribution is 2.09. The van der Waals surface area contributed by atoms with Gasteiger partial charge in [-0.1, -0.05) is 20.3 Å². The fourth-order valence-electron chi connectivity index (χ4n) is 2.62. The zero-order chi connectivity index (χ0) is 17.9. The normalized spacial score (nSPS) is 13.9. The third-order valence-corrected chi connectivity index (χ3v) is 4.38. The molecular formula is C16H25N5O3. The number of fused-ring (bicyclic) bond motifs is 1. The van der Waals surface area contributed by atoms with E-state index in [9.17, 15) is 14.7 Å². The van der Waals surface area contributed by atoms with Gasteiger partial charge in [-0.25, -0.2) is 4.98 Å². The average molecular weight is 335 g/mol. The molecule has 2 heterocycles. The summed E-state index contributed by atoms with van der Waals surface area (Å²) in [6, 6.07) is -0.263. The Bertz CT molecular complexity index is 780. The molecule has 0 aliphatic carbocycles. The van der Waals surface area contributed by atoms with E-state index in [2.05, 4.69) is 20.4 Å². The van der Waals surface area contributed by atoms with Crippen molar-refractivity contribution >= 4 is 11.7 Å². The van der Waals surface area contributed by atoms with Gasteiger partial charge in [0.25, 0.3) is 11.3 Å². The first-order valence-corrected chi connectivity index (χ1v) is 8.22. The van der Waals surface area contributed by atoms with Crippen LogP contribution in [0.5, 0.6) is 0 Å². The Hall–Kier alpha value is -2.22. The van der Waals surface area contributed by atoms with Crippen LogP contribution in [0.2, 0.25) is 0 Å². The van der Waals surface area contributed by atoms with Gasteiger partial charge in [-0.05, 0) is 26.2 Å². The molecular weight excluding hydrogens is 310 g/mol. The molecule has 0 radical (unpaired) electrons. The Morgan fingerprint density at radius 2 is 2.08 bits per heavy atom. The quantitative estimate of drug-likeness (QED) is 0.682. The van der Waals surface area contributed by atoms with Gasteiger partial charge >= 0.3 is 0 Å². The Kier molecular flexibility index (Phi) is 5.71. The van der Waals surface area contributed by atoms with Gasteiger partial charge in [-0.15, -0.1) is 0 Å². The molecule has 0 saturated carbocycles. The van der Waals surface area contributed by atoms with E-state index in [1.165, 1.54) is 4.52 Å².